The number of carbonyl (C=O) groups is 1. The molecule has 0 aromatic carbocycles. The molecular formula is C23H37BrO2. The SMILES string of the molecule is C[C@@H]1C[C@H]2C[C@](C)(O)CC[C@]2(C)[C@H]2CC[C@]3(C)[C@@H](C(=O)CBr)CC[C@H]3[C@H]12. The van der Waals surface area contributed by atoms with Gasteiger partial charge in [-0.3, -0.25) is 4.79 Å². The number of rotatable bonds is 2. The van der Waals surface area contributed by atoms with Crippen LogP contribution in [0.2, 0.25) is 0 Å². The second-order valence-corrected chi connectivity index (χ2v) is 11.7. The monoisotopic (exact) mass is 424 g/mol. The van der Waals surface area contributed by atoms with Crippen molar-refractivity contribution >= 4 is 21.7 Å². The van der Waals surface area contributed by atoms with E-state index in [4.69, 9.17) is 0 Å². The van der Waals surface area contributed by atoms with E-state index in [1.54, 1.807) is 0 Å². The highest BCUT2D eigenvalue weighted by Crippen LogP contribution is 2.69. The molecule has 0 radical (unpaired) electrons. The quantitative estimate of drug-likeness (QED) is 0.584. The van der Waals surface area contributed by atoms with E-state index in [1.165, 1.54) is 32.1 Å². The van der Waals surface area contributed by atoms with Crippen molar-refractivity contribution in [2.75, 3.05) is 5.33 Å². The number of alkyl halides is 1. The summed E-state index contributed by atoms with van der Waals surface area (Å²) in [5, 5.41) is 11.2. The van der Waals surface area contributed by atoms with Crippen molar-refractivity contribution in [3.8, 4) is 0 Å². The van der Waals surface area contributed by atoms with E-state index in [1.807, 2.05) is 0 Å². The molecule has 9 atom stereocenters. The van der Waals surface area contributed by atoms with Crippen LogP contribution in [0.3, 0.4) is 0 Å². The predicted octanol–water partition coefficient (Wildman–Crippen LogP) is 5.61. The lowest BCUT2D eigenvalue weighted by atomic mass is 9.42. The Kier molecular flexibility index (Phi) is 4.71. The summed E-state index contributed by atoms with van der Waals surface area (Å²) < 4.78 is 0. The van der Waals surface area contributed by atoms with Crippen LogP contribution in [0.15, 0.2) is 0 Å². The number of hydrogen-bond donors (Lipinski definition) is 1. The predicted molar refractivity (Wildman–Crippen MR) is 109 cm³/mol. The molecule has 148 valence electrons. The van der Waals surface area contributed by atoms with Gasteiger partial charge in [0, 0.05) is 5.92 Å². The van der Waals surface area contributed by atoms with Crippen LogP contribution in [-0.2, 0) is 4.79 Å². The molecule has 0 saturated heterocycles. The minimum atomic E-state index is -0.458. The van der Waals surface area contributed by atoms with E-state index in [9.17, 15) is 9.90 Å². The molecule has 1 N–H and O–H groups in total. The lowest BCUT2D eigenvalue weighted by Gasteiger charge is -2.63. The van der Waals surface area contributed by atoms with Crippen LogP contribution in [0.1, 0.15) is 79.1 Å². The van der Waals surface area contributed by atoms with E-state index >= 15 is 0 Å². The van der Waals surface area contributed by atoms with Gasteiger partial charge in [0.05, 0.1) is 10.9 Å². The van der Waals surface area contributed by atoms with Gasteiger partial charge in [0.1, 0.15) is 5.78 Å². The Hall–Kier alpha value is 0.110. The fraction of sp³-hybridized carbons (Fsp3) is 0.957. The van der Waals surface area contributed by atoms with Gasteiger partial charge in [-0.15, -0.1) is 0 Å². The summed E-state index contributed by atoms with van der Waals surface area (Å²) >= 11 is 3.44. The molecule has 3 heteroatoms. The van der Waals surface area contributed by atoms with E-state index in [2.05, 4.69) is 43.6 Å². The molecule has 4 aliphatic carbocycles. The standard InChI is InChI=1S/C23H37BrO2/c1-14-11-15-12-21(2,26)9-10-22(15,3)18-7-8-23(4)16(19(25)13-24)5-6-17(23)20(14)18/h14-18,20,26H,5-13H2,1-4H3/t14-,15+,16-,17+,18+,20+,21-,22+,23-/m1/s1. The first-order chi connectivity index (χ1) is 12.1. The first-order valence-corrected chi connectivity index (χ1v) is 12.1. The number of aliphatic hydroxyl groups is 1. The second kappa shape index (κ2) is 6.31. The summed E-state index contributed by atoms with van der Waals surface area (Å²) in [7, 11) is 0. The lowest BCUT2D eigenvalue weighted by molar-refractivity contribution is -0.165. The third-order valence-corrected chi connectivity index (χ3v) is 10.4. The zero-order chi connectivity index (χ0) is 18.9. The third kappa shape index (κ3) is 2.70. The average molecular weight is 425 g/mol. The molecule has 0 bridgehead atoms. The Morgan fingerprint density at radius 2 is 1.73 bits per heavy atom. The van der Waals surface area contributed by atoms with Crippen LogP contribution >= 0.6 is 15.9 Å². The van der Waals surface area contributed by atoms with Crippen LogP contribution < -0.4 is 0 Å². The van der Waals surface area contributed by atoms with Crippen molar-refractivity contribution in [3.05, 3.63) is 0 Å². The second-order valence-electron chi connectivity index (χ2n) is 11.2. The molecule has 0 aromatic heterocycles. The molecule has 0 aromatic rings. The first kappa shape index (κ1) is 19.4. The third-order valence-electron chi connectivity index (χ3n) is 9.83. The van der Waals surface area contributed by atoms with E-state index in [0.717, 1.165) is 42.9 Å². The van der Waals surface area contributed by atoms with Gasteiger partial charge < -0.3 is 5.11 Å². The van der Waals surface area contributed by atoms with Crippen molar-refractivity contribution in [2.45, 2.75) is 84.7 Å². The Labute approximate surface area is 168 Å². The molecule has 0 spiro atoms. The molecule has 4 saturated carbocycles. The highest BCUT2D eigenvalue weighted by atomic mass is 79.9. The Morgan fingerprint density at radius 1 is 1.04 bits per heavy atom. The molecule has 4 aliphatic rings. The van der Waals surface area contributed by atoms with Crippen LogP contribution in [0.5, 0.6) is 0 Å². The van der Waals surface area contributed by atoms with E-state index < -0.39 is 5.60 Å². The highest BCUT2D eigenvalue weighted by molar-refractivity contribution is 9.09. The zero-order valence-corrected chi connectivity index (χ0v) is 18.6. The Bertz CT molecular complexity index is 587. The van der Waals surface area contributed by atoms with Crippen molar-refractivity contribution in [3.63, 3.8) is 0 Å². The van der Waals surface area contributed by atoms with Gasteiger partial charge in [-0.05, 0) is 98.7 Å². The van der Waals surface area contributed by atoms with Gasteiger partial charge in [-0.25, -0.2) is 0 Å². The number of hydrogen-bond acceptors (Lipinski definition) is 2. The van der Waals surface area contributed by atoms with Gasteiger partial charge in [0.2, 0.25) is 0 Å². The van der Waals surface area contributed by atoms with Crippen molar-refractivity contribution in [1.82, 2.24) is 0 Å². The van der Waals surface area contributed by atoms with Gasteiger partial charge in [-0.1, -0.05) is 36.7 Å². The summed E-state index contributed by atoms with van der Waals surface area (Å²) in [5.74, 6) is 4.42. The normalized spacial score (nSPS) is 56.4. The number of halogens is 1. The summed E-state index contributed by atoms with van der Waals surface area (Å²) in [4.78, 5) is 12.6. The number of carbonyl (C=O) groups excluding carboxylic acids is 1. The van der Waals surface area contributed by atoms with Gasteiger partial charge in [0.15, 0.2) is 0 Å². The molecular weight excluding hydrogens is 388 g/mol. The van der Waals surface area contributed by atoms with Crippen LogP contribution in [0.4, 0.5) is 0 Å². The summed E-state index contributed by atoms with van der Waals surface area (Å²) in [5.41, 5.74) is 0.169. The largest absolute Gasteiger partial charge is 0.390 e. The number of ketones is 1. The highest BCUT2D eigenvalue weighted by Gasteiger charge is 2.63. The van der Waals surface area contributed by atoms with Crippen molar-refractivity contribution < 1.29 is 9.90 Å². The molecule has 4 rings (SSSR count). The molecule has 0 amide bonds. The number of Topliss-reactive ketones (excluding diaryl/α,β-unsaturated/α-hetero) is 1. The maximum Gasteiger partial charge on any atom is 0.147 e. The maximum atomic E-state index is 12.6. The average Bonchev–Trinajstić information content (AvgIpc) is 2.93. The molecule has 4 fully saturated rings. The first-order valence-electron chi connectivity index (χ1n) is 10.9. The molecule has 26 heavy (non-hydrogen) atoms. The zero-order valence-electron chi connectivity index (χ0n) is 17.1. The Morgan fingerprint density at radius 3 is 2.42 bits per heavy atom. The maximum absolute atomic E-state index is 12.6. The summed E-state index contributed by atoms with van der Waals surface area (Å²) in [6.07, 6.45) is 9.30. The molecule has 0 aliphatic heterocycles. The van der Waals surface area contributed by atoms with Gasteiger partial charge >= 0.3 is 0 Å². The fourth-order valence-electron chi connectivity index (χ4n) is 8.44. The van der Waals surface area contributed by atoms with Crippen LogP contribution in [-0.4, -0.2) is 21.8 Å². The summed E-state index contributed by atoms with van der Waals surface area (Å²) in [6.45, 7) is 9.52. The minimum absolute atomic E-state index is 0.226. The molecule has 0 heterocycles. The van der Waals surface area contributed by atoms with Crippen LogP contribution in [0.25, 0.3) is 0 Å². The minimum Gasteiger partial charge on any atom is -0.390 e. The van der Waals surface area contributed by atoms with E-state index in [0.29, 0.717) is 22.4 Å². The lowest BCUT2D eigenvalue weighted by Crippen LogP contribution is -2.58. The van der Waals surface area contributed by atoms with E-state index in [-0.39, 0.29) is 11.3 Å². The number of fused-ring (bicyclic) bond motifs is 5. The van der Waals surface area contributed by atoms with Crippen molar-refractivity contribution in [2.24, 2.45) is 46.3 Å². The molecule has 0 unspecified atom stereocenters. The Balaban J connectivity index is 1.64. The van der Waals surface area contributed by atoms with Gasteiger partial charge in [-0.2, -0.15) is 0 Å². The van der Waals surface area contributed by atoms with Crippen molar-refractivity contribution in [1.29, 1.82) is 0 Å². The topological polar surface area (TPSA) is 37.3 Å². The molecule has 2 nitrogen and oxygen atoms in total. The van der Waals surface area contributed by atoms with Crippen LogP contribution in [0, 0.1) is 46.3 Å². The fourth-order valence-corrected chi connectivity index (χ4v) is 8.83. The smallest absolute Gasteiger partial charge is 0.147 e. The summed E-state index contributed by atoms with van der Waals surface area (Å²) in [6, 6.07) is 0. The van der Waals surface area contributed by atoms with Gasteiger partial charge in [0.25, 0.3) is 0 Å².